The Kier molecular flexibility index (Phi) is 6.26. The molecular weight excluding hydrogens is 460 g/mol. The third-order valence-electron chi connectivity index (χ3n) is 6.43. The summed E-state index contributed by atoms with van der Waals surface area (Å²) >= 11 is 1.47. The molecule has 5 rings (SSSR count). The van der Waals surface area contributed by atoms with Crippen molar-refractivity contribution in [3.8, 4) is 0 Å². The van der Waals surface area contributed by atoms with Gasteiger partial charge >= 0.3 is 0 Å². The number of aryl methyl sites for hydroxylation is 1. The molecule has 3 heterocycles. The van der Waals surface area contributed by atoms with Crippen LogP contribution < -0.4 is 5.32 Å². The number of rotatable bonds is 5. The molecule has 0 radical (unpaired) electrons. The molecule has 2 aliphatic rings. The normalized spacial score (nSPS) is 18.6. The van der Waals surface area contributed by atoms with Crippen molar-refractivity contribution < 1.29 is 17.9 Å². The van der Waals surface area contributed by atoms with Crippen LogP contribution in [0, 0.1) is 6.92 Å². The number of hydrogen-bond acceptors (Lipinski definition) is 6. The molecule has 8 nitrogen and oxygen atoms in total. The van der Waals surface area contributed by atoms with E-state index in [9.17, 15) is 13.2 Å². The van der Waals surface area contributed by atoms with Crippen LogP contribution in [0.1, 0.15) is 53.5 Å². The fourth-order valence-electron chi connectivity index (χ4n) is 4.60. The van der Waals surface area contributed by atoms with E-state index in [0.29, 0.717) is 42.9 Å². The summed E-state index contributed by atoms with van der Waals surface area (Å²) in [6.07, 6.45) is 6.00. The number of amides is 1. The van der Waals surface area contributed by atoms with Crippen molar-refractivity contribution in [2.24, 2.45) is 0 Å². The third-order valence-corrected chi connectivity index (χ3v) is 9.47. The van der Waals surface area contributed by atoms with Crippen LogP contribution in [-0.4, -0.2) is 54.7 Å². The predicted octanol–water partition coefficient (Wildman–Crippen LogP) is 4.18. The molecular formula is C23H28N4O4S2. The topological polar surface area (TPSA) is 93.5 Å². The van der Waals surface area contributed by atoms with Gasteiger partial charge in [-0.2, -0.15) is 9.40 Å². The fourth-order valence-corrected chi connectivity index (χ4v) is 7.13. The van der Waals surface area contributed by atoms with Gasteiger partial charge in [0.15, 0.2) is 0 Å². The summed E-state index contributed by atoms with van der Waals surface area (Å²) in [5, 5.41) is 8.69. The second-order valence-corrected chi connectivity index (χ2v) is 11.6. The zero-order valence-corrected chi connectivity index (χ0v) is 20.3. The Morgan fingerprint density at radius 2 is 1.82 bits per heavy atom. The van der Waals surface area contributed by atoms with Crippen LogP contribution in [0.2, 0.25) is 0 Å². The summed E-state index contributed by atoms with van der Waals surface area (Å²) in [6, 6.07) is 8.66. The summed E-state index contributed by atoms with van der Waals surface area (Å²) in [4.78, 5) is 14.8. The van der Waals surface area contributed by atoms with Crippen LogP contribution in [0.4, 0.5) is 5.69 Å². The van der Waals surface area contributed by atoms with Crippen LogP contribution in [0.5, 0.6) is 0 Å². The number of sulfonamides is 1. The Balaban J connectivity index is 1.32. The fraction of sp³-hybridized carbons (Fsp3) is 0.478. The van der Waals surface area contributed by atoms with Crippen molar-refractivity contribution in [2.75, 3.05) is 31.6 Å². The molecule has 0 unspecified atom stereocenters. The molecule has 1 amide bonds. The number of nitrogens with zero attached hydrogens (tertiary/aromatic N) is 3. The average molecular weight is 489 g/mol. The van der Waals surface area contributed by atoms with Gasteiger partial charge in [-0.15, -0.1) is 11.3 Å². The molecule has 0 bridgehead atoms. The van der Waals surface area contributed by atoms with Crippen LogP contribution in [0.25, 0.3) is 10.2 Å². The van der Waals surface area contributed by atoms with Crippen LogP contribution in [0.15, 0.2) is 35.2 Å². The minimum absolute atomic E-state index is 0.199. The summed E-state index contributed by atoms with van der Waals surface area (Å²) in [5.74, 6) is -0.199. The molecule has 2 aromatic heterocycles. The largest absolute Gasteiger partial charge is 0.379 e. The monoisotopic (exact) mass is 488 g/mol. The van der Waals surface area contributed by atoms with Gasteiger partial charge in [-0.3, -0.25) is 9.48 Å². The van der Waals surface area contributed by atoms with Crippen LogP contribution in [0.3, 0.4) is 0 Å². The van der Waals surface area contributed by atoms with E-state index in [2.05, 4.69) is 10.00 Å². The number of fused-ring (bicyclic) bond motifs is 1. The first-order chi connectivity index (χ1) is 15.9. The molecule has 1 aliphatic heterocycles. The maximum atomic E-state index is 12.9. The highest BCUT2D eigenvalue weighted by Gasteiger charge is 2.26. The van der Waals surface area contributed by atoms with Gasteiger partial charge in [-0.05, 0) is 50.1 Å². The number of carbonyl (C=O) groups is 1. The average Bonchev–Trinajstić information content (AvgIpc) is 3.41. The van der Waals surface area contributed by atoms with Crippen molar-refractivity contribution in [1.82, 2.24) is 14.1 Å². The van der Waals surface area contributed by atoms with E-state index in [4.69, 9.17) is 9.84 Å². The molecule has 1 saturated carbocycles. The first kappa shape index (κ1) is 22.5. The Morgan fingerprint density at radius 3 is 2.52 bits per heavy atom. The lowest BCUT2D eigenvalue weighted by Crippen LogP contribution is -2.40. The standard InChI is InChI=1S/C23H28N4O4S2/c1-16-20-15-21(32-23(20)27(25-16)18-5-3-2-4-6-18)22(28)24-17-7-9-19(10-8-17)33(29,30)26-11-13-31-14-12-26/h7-10,15,18H,2-6,11-14H2,1H3,(H,24,28). The quantitative estimate of drug-likeness (QED) is 0.581. The molecule has 0 atom stereocenters. The zero-order chi connectivity index (χ0) is 23.0. The minimum Gasteiger partial charge on any atom is -0.379 e. The molecule has 10 heteroatoms. The summed E-state index contributed by atoms with van der Waals surface area (Å²) < 4.78 is 34.4. The number of ether oxygens (including phenoxy) is 1. The maximum absolute atomic E-state index is 12.9. The van der Waals surface area contributed by atoms with Crippen LogP contribution in [-0.2, 0) is 14.8 Å². The predicted molar refractivity (Wildman–Crippen MR) is 128 cm³/mol. The van der Waals surface area contributed by atoms with Crippen molar-refractivity contribution in [3.63, 3.8) is 0 Å². The maximum Gasteiger partial charge on any atom is 0.265 e. The van der Waals surface area contributed by atoms with Gasteiger partial charge in [-0.25, -0.2) is 8.42 Å². The van der Waals surface area contributed by atoms with E-state index in [0.717, 1.165) is 28.8 Å². The first-order valence-electron chi connectivity index (χ1n) is 11.4. The van der Waals surface area contributed by atoms with Crippen molar-refractivity contribution in [3.05, 3.63) is 40.9 Å². The molecule has 2 fully saturated rings. The van der Waals surface area contributed by atoms with E-state index < -0.39 is 10.0 Å². The number of anilines is 1. The van der Waals surface area contributed by atoms with E-state index in [1.165, 1.54) is 47.0 Å². The summed E-state index contributed by atoms with van der Waals surface area (Å²) in [7, 11) is -3.56. The van der Waals surface area contributed by atoms with Gasteiger partial charge in [0.05, 0.1) is 34.7 Å². The summed E-state index contributed by atoms with van der Waals surface area (Å²) in [6.45, 7) is 3.50. The Labute approximate surface area is 197 Å². The highest BCUT2D eigenvalue weighted by Crippen LogP contribution is 2.35. The molecule has 1 aromatic carbocycles. The van der Waals surface area contributed by atoms with E-state index in [-0.39, 0.29) is 10.8 Å². The lowest BCUT2D eigenvalue weighted by Gasteiger charge is -2.26. The summed E-state index contributed by atoms with van der Waals surface area (Å²) in [5.41, 5.74) is 1.51. The third kappa shape index (κ3) is 4.44. The van der Waals surface area contributed by atoms with Gasteiger partial charge in [-0.1, -0.05) is 19.3 Å². The van der Waals surface area contributed by atoms with E-state index in [1.54, 1.807) is 12.1 Å². The number of morpholine rings is 1. The van der Waals surface area contributed by atoms with Gasteiger partial charge in [0, 0.05) is 24.2 Å². The van der Waals surface area contributed by atoms with E-state index in [1.807, 2.05) is 13.0 Å². The number of carbonyl (C=O) groups excluding carboxylic acids is 1. The number of aromatic nitrogens is 2. The first-order valence-corrected chi connectivity index (χ1v) is 13.7. The van der Waals surface area contributed by atoms with Crippen molar-refractivity contribution in [1.29, 1.82) is 0 Å². The highest BCUT2D eigenvalue weighted by molar-refractivity contribution is 7.89. The van der Waals surface area contributed by atoms with Crippen LogP contribution >= 0.6 is 11.3 Å². The molecule has 33 heavy (non-hydrogen) atoms. The molecule has 0 spiro atoms. The lowest BCUT2D eigenvalue weighted by molar-refractivity contribution is 0.0730. The lowest BCUT2D eigenvalue weighted by atomic mass is 9.96. The Morgan fingerprint density at radius 1 is 1.12 bits per heavy atom. The molecule has 3 aromatic rings. The van der Waals surface area contributed by atoms with Crippen molar-refractivity contribution in [2.45, 2.75) is 50.0 Å². The molecule has 1 N–H and O–H groups in total. The van der Waals surface area contributed by atoms with Crippen molar-refractivity contribution >= 4 is 43.2 Å². The number of benzene rings is 1. The Bertz CT molecular complexity index is 1250. The number of nitrogens with one attached hydrogen (secondary N) is 1. The Hall–Kier alpha value is -2.27. The second kappa shape index (κ2) is 9.17. The number of thiophene rings is 1. The zero-order valence-electron chi connectivity index (χ0n) is 18.6. The van der Waals surface area contributed by atoms with Gasteiger partial charge in [0.1, 0.15) is 4.83 Å². The highest BCUT2D eigenvalue weighted by atomic mass is 32.2. The van der Waals surface area contributed by atoms with Gasteiger partial charge in [0.25, 0.3) is 5.91 Å². The van der Waals surface area contributed by atoms with Gasteiger partial charge < -0.3 is 10.1 Å². The minimum atomic E-state index is -3.56. The number of hydrogen-bond donors (Lipinski definition) is 1. The second-order valence-electron chi connectivity index (χ2n) is 8.65. The molecule has 1 saturated heterocycles. The smallest absolute Gasteiger partial charge is 0.265 e. The van der Waals surface area contributed by atoms with E-state index >= 15 is 0 Å². The molecule has 1 aliphatic carbocycles. The SMILES string of the molecule is Cc1nn(C2CCCCC2)c2sc(C(=O)Nc3ccc(S(=O)(=O)N4CCOCC4)cc3)cc12. The molecule has 176 valence electrons. The van der Waals surface area contributed by atoms with Gasteiger partial charge in [0.2, 0.25) is 10.0 Å².